The average molecular weight is 269 g/mol. The first-order valence-electron chi connectivity index (χ1n) is 8.32. The zero-order chi connectivity index (χ0) is 14.5. The van der Waals surface area contributed by atoms with Crippen LogP contribution in [0.2, 0.25) is 0 Å². The van der Waals surface area contributed by atoms with Crippen LogP contribution in [0.4, 0.5) is 0 Å². The molecule has 0 saturated heterocycles. The highest BCUT2D eigenvalue weighted by Gasteiger charge is 2.32. The van der Waals surface area contributed by atoms with Gasteiger partial charge in [-0.1, -0.05) is 41.0 Å². The first-order chi connectivity index (χ1) is 8.87. The van der Waals surface area contributed by atoms with Crippen LogP contribution in [0.1, 0.15) is 79.6 Å². The quantitative estimate of drug-likeness (QED) is 0.728. The van der Waals surface area contributed by atoms with Gasteiger partial charge in [0.25, 0.3) is 0 Å². The summed E-state index contributed by atoms with van der Waals surface area (Å²) in [4.78, 5) is 0. The molecule has 0 heterocycles. The number of nitrogens with one attached hydrogen (secondary N) is 1. The Bertz CT molecular complexity index is 250. The molecule has 0 unspecified atom stereocenters. The average Bonchev–Trinajstić information content (AvgIpc) is 2.45. The van der Waals surface area contributed by atoms with Crippen molar-refractivity contribution >= 4 is 0 Å². The van der Waals surface area contributed by atoms with E-state index in [1.54, 1.807) is 0 Å². The van der Waals surface area contributed by atoms with E-state index in [0.29, 0.717) is 11.5 Å². The Morgan fingerprint density at radius 1 is 0.947 bits per heavy atom. The van der Waals surface area contributed by atoms with E-state index in [9.17, 15) is 5.11 Å². The first kappa shape index (κ1) is 17.0. The molecule has 2 nitrogen and oxygen atoms in total. The number of hydrogen-bond donors (Lipinski definition) is 2. The van der Waals surface area contributed by atoms with Gasteiger partial charge < -0.3 is 10.4 Å². The summed E-state index contributed by atoms with van der Waals surface area (Å²) in [5.74, 6) is 0.881. The molecule has 0 atom stereocenters. The summed E-state index contributed by atoms with van der Waals surface area (Å²) in [6, 6.07) is 0.619. The van der Waals surface area contributed by atoms with Gasteiger partial charge in [0.05, 0.1) is 5.60 Å². The minimum Gasteiger partial charge on any atom is -0.389 e. The molecule has 1 rings (SSSR count). The molecule has 0 aliphatic heterocycles. The minimum atomic E-state index is -0.500. The monoisotopic (exact) mass is 269 g/mol. The van der Waals surface area contributed by atoms with Gasteiger partial charge in [-0.3, -0.25) is 0 Å². The summed E-state index contributed by atoms with van der Waals surface area (Å²) in [6.07, 6.45) is 8.20. The Labute approximate surface area is 120 Å². The predicted octanol–water partition coefficient (Wildman–Crippen LogP) is 4.12. The Kier molecular flexibility index (Phi) is 6.32. The smallest absolute Gasteiger partial charge is 0.0766 e. The van der Waals surface area contributed by atoms with E-state index in [2.05, 4.69) is 39.9 Å². The fraction of sp³-hybridized carbons (Fsp3) is 1.00. The molecule has 1 fully saturated rings. The zero-order valence-electron chi connectivity index (χ0n) is 13.8. The van der Waals surface area contributed by atoms with Gasteiger partial charge in [-0.15, -0.1) is 0 Å². The lowest BCUT2D eigenvalue weighted by Crippen LogP contribution is -2.45. The van der Waals surface area contributed by atoms with E-state index in [4.69, 9.17) is 0 Å². The molecule has 0 aromatic rings. The van der Waals surface area contributed by atoms with Gasteiger partial charge in [0.2, 0.25) is 0 Å². The lowest BCUT2D eigenvalue weighted by atomic mass is 9.69. The van der Waals surface area contributed by atoms with Gasteiger partial charge in [0.15, 0.2) is 0 Å². The van der Waals surface area contributed by atoms with Crippen LogP contribution in [0, 0.1) is 11.3 Å². The van der Waals surface area contributed by atoms with Gasteiger partial charge in [-0.2, -0.15) is 0 Å². The molecule has 0 spiro atoms. The second-order valence-electron chi connectivity index (χ2n) is 7.20. The Hall–Kier alpha value is -0.0800. The van der Waals surface area contributed by atoms with Crippen molar-refractivity contribution in [3.63, 3.8) is 0 Å². The largest absolute Gasteiger partial charge is 0.389 e. The molecule has 0 radical (unpaired) electrons. The predicted molar refractivity (Wildman–Crippen MR) is 83.4 cm³/mol. The summed E-state index contributed by atoms with van der Waals surface area (Å²) in [7, 11) is 0. The standard InChI is InChI=1S/C17H35NO/c1-6-16(4,5)14-9-11-15(12-10-14)18-13-17(19,7-2)8-3/h14-15,18-19H,6-13H2,1-5H3. The van der Waals surface area contributed by atoms with Crippen molar-refractivity contribution in [3.05, 3.63) is 0 Å². The molecule has 0 aromatic heterocycles. The van der Waals surface area contributed by atoms with Crippen molar-refractivity contribution in [2.75, 3.05) is 6.54 Å². The molecule has 114 valence electrons. The van der Waals surface area contributed by atoms with Gasteiger partial charge in [-0.05, 0) is 49.9 Å². The fourth-order valence-corrected chi connectivity index (χ4v) is 3.20. The van der Waals surface area contributed by atoms with E-state index < -0.39 is 5.60 Å². The van der Waals surface area contributed by atoms with Crippen LogP contribution in [0.25, 0.3) is 0 Å². The van der Waals surface area contributed by atoms with Gasteiger partial charge in [0.1, 0.15) is 0 Å². The van der Waals surface area contributed by atoms with Crippen molar-refractivity contribution < 1.29 is 5.11 Å². The van der Waals surface area contributed by atoms with Crippen LogP contribution < -0.4 is 5.32 Å². The van der Waals surface area contributed by atoms with Crippen molar-refractivity contribution in [2.45, 2.75) is 91.2 Å². The van der Waals surface area contributed by atoms with E-state index in [-0.39, 0.29) is 0 Å². The van der Waals surface area contributed by atoms with Gasteiger partial charge in [-0.25, -0.2) is 0 Å². The summed E-state index contributed by atoms with van der Waals surface area (Å²) in [6.45, 7) is 12.0. The minimum absolute atomic E-state index is 0.499. The van der Waals surface area contributed by atoms with E-state index >= 15 is 0 Å². The summed E-state index contributed by atoms with van der Waals surface area (Å²) in [5, 5.41) is 13.9. The second-order valence-corrected chi connectivity index (χ2v) is 7.20. The van der Waals surface area contributed by atoms with Crippen LogP contribution in [0.3, 0.4) is 0 Å². The number of hydrogen-bond acceptors (Lipinski definition) is 2. The van der Waals surface area contributed by atoms with Crippen LogP contribution >= 0.6 is 0 Å². The van der Waals surface area contributed by atoms with E-state index in [1.807, 2.05) is 0 Å². The summed E-state index contributed by atoms with van der Waals surface area (Å²) >= 11 is 0. The van der Waals surface area contributed by atoms with Crippen molar-refractivity contribution in [1.82, 2.24) is 5.32 Å². The van der Waals surface area contributed by atoms with Gasteiger partial charge >= 0.3 is 0 Å². The normalized spacial score (nSPS) is 25.6. The SMILES string of the molecule is CCC(O)(CC)CNC1CCC(C(C)(C)CC)CC1. The molecule has 19 heavy (non-hydrogen) atoms. The maximum atomic E-state index is 10.3. The molecular formula is C17H35NO. The van der Waals surface area contributed by atoms with Crippen LogP contribution in [-0.2, 0) is 0 Å². The lowest BCUT2D eigenvalue weighted by Gasteiger charge is -2.40. The summed E-state index contributed by atoms with van der Waals surface area (Å²) < 4.78 is 0. The molecule has 0 aromatic carbocycles. The zero-order valence-corrected chi connectivity index (χ0v) is 13.8. The molecule has 1 aliphatic rings. The highest BCUT2D eigenvalue weighted by Crippen LogP contribution is 2.40. The molecule has 1 aliphatic carbocycles. The van der Waals surface area contributed by atoms with Crippen LogP contribution in [0.5, 0.6) is 0 Å². The molecule has 0 amide bonds. The van der Waals surface area contributed by atoms with E-state index in [0.717, 1.165) is 25.3 Å². The number of aliphatic hydroxyl groups is 1. The maximum Gasteiger partial charge on any atom is 0.0766 e. The second kappa shape index (κ2) is 7.08. The fourth-order valence-electron chi connectivity index (χ4n) is 3.20. The Balaban J connectivity index is 2.35. The highest BCUT2D eigenvalue weighted by atomic mass is 16.3. The Morgan fingerprint density at radius 2 is 1.47 bits per heavy atom. The van der Waals surface area contributed by atoms with Gasteiger partial charge in [0, 0.05) is 12.6 Å². The maximum absolute atomic E-state index is 10.3. The van der Waals surface area contributed by atoms with Crippen LogP contribution in [0.15, 0.2) is 0 Å². The third kappa shape index (κ3) is 4.75. The lowest BCUT2D eigenvalue weighted by molar-refractivity contribution is 0.0264. The Morgan fingerprint density at radius 3 is 1.89 bits per heavy atom. The number of rotatable bonds is 7. The topological polar surface area (TPSA) is 32.3 Å². The van der Waals surface area contributed by atoms with Crippen LogP contribution in [-0.4, -0.2) is 23.3 Å². The third-order valence-corrected chi connectivity index (χ3v) is 5.78. The van der Waals surface area contributed by atoms with Crippen molar-refractivity contribution in [3.8, 4) is 0 Å². The summed E-state index contributed by atoms with van der Waals surface area (Å²) in [5.41, 5.74) is -0.00190. The molecule has 2 N–H and O–H groups in total. The molecule has 2 heteroatoms. The molecular weight excluding hydrogens is 234 g/mol. The van der Waals surface area contributed by atoms with Crippen molar-refractivity contribution in [2.24, 2.45) is 11.3 Å². The highest BCUT2D eigenvalue weighted by molar-refractivity contribution is 4.87. The van der Waals surface area contributed by atoms with Crippen molar-refractivity contribution in [1.29, 1.82) is 0 Å². The van der Waals surface area contributed by atoms with E-state index in [1.165, 1.54) is 32.1 Å². The first-order valence-corrected chi connectivity index (χ1v) is 8.32. The molecule has 1 saturated carbocycles. The third-order valence-electron chi connectivity index (χ3n) is 5.78. The molecule has 0 bridgehead atoms.